The minimum atomic E-state index is -0.811. The largest absolute Gasteiger partial charge is 0.478 e. The molecule has 0 unspecified atom stereocenters. The summed E-state index contributed by atoms with van der Waals surface area (Å²) in [5.74, 6) is 0.203. The van der Waals surface area contributed by atoms with Crippen LogP contribution in [0.3, 0.4) is 0 Å². The number of carbonyl (C=O) groups is 1. The molecule has 1 heterocycles. The highest BCUT2D eigenvalue weighted by Gasteiger charge is 2.18. The van der Waals surface area contributed by atoms with E-state index in [1.54, 1.807) is 23.9 Å². The second-order valence-electron chi connectivity index (χ2n) is 2.69. The van der Waals surface area contributed by atoms with Crippen molar-refractivity contribution in [2.24, 2.45) is 0 Å². The summed E-state index contributed by atoms with van der Waals surface area (Å²) < 4.78 is 0. The van der Waals surface area contributed by atoms with Gasteiger partial charge in [0.1, 0.15) is 0 Å². The van der Waals surface area contributed by atoms with Crippen molar-refractivity contribution < 1.29 is 9.90 Å². The topological polar surface area (TPSA) is 37.3 Å². The molecule has 0 aromatic heterocycles. The first kappa shape index (κ1) is 7.68. The Bertz CT molecular complexity index is 333. The lowest BCUT2D eigenvalue weighted by molar-refractivity contribution is 0.0695. The van der Waals surface area contributed by atoms with Crippen LogP contribution in [0.25, 0.3) is 0 Å². The summed E-state index contributed by atoms with van der Waals surface area (Å²) in [5.41, 5.74) is 1.48. The van der Waals surface area contributed by atoms with Crippen molar-refractivity contribution in [2.45, 2.75) is 11.3 Å². The summed E-state index contributed by atoms with van der Waals surface area (Å²) in [6.07, 6.45) is 0.891. The highest BCUT2D eigenvalue weighted by Crippen LogP contribution is 2.33. The second kappa shape index (κ2) is 2.83. The van der Waals surface area contributed by atoms with Gasteiger partial charge < -0.3 is 5.11 Å². The van der Waals surface area contributed by atoms with Gasteiger partial charge in [0.2, 0.25) is 0 Å². The third kappa shape index (κ3) is 1.10. The monoisotopic (exact) mass is 180 g/mol. The number of rotatable bonds is 1. The van der Waals surface area contributed by atoms with E-state index in [0.717, 1.165) is 22.6 Å². The Kier molecular flexibility index (Phi) is 1.81. The molecule has 0 fully saturated rings. The molecule has 1 N–H and O–H groups in total. The van der Waals surface area contributed by atoms with E-state index >= 15 is 0 Å². The molecule has 1 aromatic rings. The Hall–Kier alpha value is -0.960. The number of carboxylic acid groups (broad SMARTS) is 1. The predicted octanol–water partition coefficient (Wildman–Crippen LogP) is 2.03. The van der Waals surface area contributed by atoms with Crippen LogP contribution >= 0.6 is 11.8 Å². The van der Waals surface area contributed by atoms with Crippen molar-refractivity contribution in [3.63, 3.8) is 0 Å². The standard InChI is InChI=1S/C9H8O2S/c10-9(11)7-2-1-3-8-6(7)4-5-12-8/h1-3H,4-5H2,(H,10,11). The van der Waals surface area contributed by atoms with Gasteiger partial charge >= 0.3 is 5.97 Å². The van der Waals surface area contributed by atoms with Crippen LogP contribution in [0.1, 0.15) is 15.9 Å². The summed E-state index contributed by atoms with van der Waals surface area (Å²) in [4.78, 5) is 11.9. The predicted molar refractivity (Wildman–Crippen MR) is 47.8 cm³/mol. The maximum Gasteiger partial charge on any atom is 0.336 e. The van der Waals surface area contributed by atoms with E-state index in [-0.39, 0.29) is 0 Å². The number of benzene rings is 1. The molecule has 0 spiro atoms. The molecule has 0 radical (unpaired) electrons. The van der Waals surface area contributed by atoms with Crippen LogP contribution in [0.2, 0.25) is 0 Å². The molecule has 2 rings (SSSR count). The number of thioether (sulfide) groups is 1. The van der Waals surface area contributed by atoms with Gasteiger partial charge in [-0.15, -0.1) is 11.8 Å². The molecule has 62 valence electrons. The Balaban J connectivity index is 2.56. The van der Waals surface area contributed by atoms with Gasteiger partial charge in [-0.05, 0) is 24.1 Å². The summed E-state index contributed by atoms with van der Waals surface area (Å²) in [7, 11) is 0. The Morgan fingerprint density at radius 3 is 3.08 bits per heavy atom. The van der Waals surface area contributed by atoms with Crippen molar-refractivity contribution in [1.29, 1.82) is 0 Å². The van der Waals surface area contributed by atoms with Crippen molar-refractivity contribution >= 4 is 17.7 Å². The van der Waals surface area contributed by atoms with Gasteiger partial charge in [-0.3, -0.25) is 0 Å². The van der Waals surface area contributed by atoms with Gasteiger partial charge in [-0.1, -0.05) is 6.07 Å². The maximum atomic E-state index is 10.8. The van der Waals surface area contributed by atoms with Crippen LogP contribution in [0, 0.1) is 0 Å². The van der Waals surface area contributed by atoms with Gasteiger partial charge in [-0.25, -0.2) is 4.79 Å². The molecule has 3 heteroatoms. The smallest absolute Gasteiger partial charge is 0.336 e. The molecule has 0 saturated carbocycles. The Morgan fingerprint density at radius 2 is 2.33 bits per heavy atom. The van der Waals surface area contributed by atoms with Crippen LogP contribution in [-0.4, -0.2) is 16.8 Å². The normalized spacial score (nSPS) is 14.3. The van der Waals surface area contributed by atoms with E-state index < -0.39 is 5.97 Å². The van der Waals surface area contributed by atoms with Gasteiger partial charge in [0.05, 0.1) is 5.56 Å². The molecule has 1 aromatic carbocycles. The zero-order valence-electron chi connectivity index (χ0n) is 6.41. The molecule has 0 atom stereocenters. The lowest BCUT2D eigenvalue weighted by Crippen LogP contribution is -2.01. The van der Waals surface area contributed by atoms with Gasteiger partial charge in [0, 0.05) is 10.6 Å². The zero-order valence-corrected chi connectivity index (χ0v) is 7.23. The third-order valence-electron chi connectivity index (χ3n) is 1.97. The number of carboxylic acids is 1. The summed E-state index contributed by atoms with van der Waals surface area (Å²) in [5, 5.41) is 8.84. The van der Waals surface area contributed by atoms with Crippen molar-refractivity contribution in [3.8, 4) is 0 Å². The Morgan fingerprint density at radius 1 is 1.50 bits per heavy atom. The molecule has 0 aliphatic carbocycles. The first-order valence-corrected chi connectivity index (χ1v) is 4.75. The lowest BCUT2D eigenvalue weighted by atomic mass is 10.1. The van der Waals surface area contributed by atoms with Crippen LogP contribution < -0.4 is 0 Å². The van der Waals surface area contributed by atoms with E-state index in [0.29, 0.717) is 5.56 Å². The fourth-order valence-corrected chi connectivity index (χ4v) is 2.51. The molecule has 2 nitrogen and oxygen atoms in total. The SMILES string of the molecule is O=C(O)c1cccc2c1CCS2. The summed E-state index contributed by atoms with van der Waals surface area (Å²) in [6.45, 7) is 0. The number of fused-ring (bicyclic) bond motifs is 1. The Labute approximate surface area is 74.6 Å². The average Bonchev–Trinajstić information content (AvgIpc) is 2.49. The molecule has 0 bridgehead atoms. The summed E-state index contributed by atoms with van der Waals surface area (Å²) >= 11 is 1.74. The van der Waals surface area contributed by atoms with Gasteiger partial charge in [0.15, 0.2) is 0 Å². The van der Waals surface area contributed by atoms with Crippen molar-refractivity contribution in [1.82, 2.24) is 0 Å². The minimum Gasteiger partial charge on any atom is -0.478 e. The summed E-state index contributed by atoms with van der Waals surface area (Å²) in [6, 6.07) is 5.47. The van der Waals surface area contributed by atoms with Crippen LogP contribution in [0.15, 0.2) is 23.1 Å². The van der Waals surface area contributed by atoms with Gasteiger partial charge in [0.25, 0.3) is 0 Å². The minimum absolute atomic E-state index is 0.470. The first-order valence-electron chi connectivity index (χ1n) is 3.77. The second-order valence-corrected chi connectivity index (χ2v) is 3.82. The van der Waals surface area contributed by atoms with E-state index in [9.17, 15) is 4.79 Å². The fourth-order valence-electron chi connectivity index (χ4n) is 1.42. The van der Waals surface area contributed by atoms with E-state index in [1.807, 2.05) is 6.07 Å². The van der Waals surface area contributed by atoms with Crippen molar-refractivity contribution in [3.05, 3.63) is 29.3 Å². The van der Waals surface area contributed by atoms with E-state index in [1.165, 1.54) is 0 Å². The quantitative estimate of drug-likeness (QED) is 0.718. The molecule has 1 aliphatic rings. The third-order valence-corrected chi connectivity index (χ3v) is 3.07. The molecule has 0 amide bonds. The van der Waals surface area contributed by atoms with Crippen LogP contribution in [0.5, 0.6) is 0 Å². The van der Waals surface area contributed by atoms with Crippen LogP contribution in [-0.2, 0) is 6.42 Å². The maximum absolute atomic E-state index is 10.8. The molecule has 0 saturated heterocycles. The molecular weight excluding hydrogens is 172 g/mol. The van der Waals surface area contributed by atoms with Gasteiger partial charge in [-0.2, -0.15) is 0 Å². The first-order chi connectivity index (χ1) is 5.79. The number of hydrogen-bond donors (Lipinski definition) is 1. The fraction of sp³-hybridized carbons (Fsp3) is 0.222. The van der Waals surface area contributed by atoms with E-state index in [2.05, 4.69) is 0 Å². The lowest BCUT2D eigenvalue weighted by Gasteiger charge is -2.01. The number of hydrogen-bond acceptors (Lipinski definition) is 2. The zero-order chi connectivity index (χ0) is 8.55. The molecular formula is C9H8O2S. The average molecular weight is 180 g/mol. The highest BCUT2D eigenvalue weighted by molar-refractivity contribution is 7.99. The van der Waals surface area contributed by atoms with Crippen LogP contribution in [0.4, 0.5) is 0 Å². The highest BCUT2D eigenvalue weighted by atomic mass is 32.2. The molecule has 12 heavy (non-hydrogen) atoms. The van der Waals surface area contributed by atoms with Crippen molar-refractivity contribution in [2.75, 3.05) is 5.75 Å². The van der Waals surface area contributed by atoms with E-state index in [4.69, 9.17) is 5.11 Å². The number of aromatic carboxylic acids is 1. The molecule has 1 aliphatic heterocycles.